The Morgan fingerprint density at radius 3 is 1.46 bits per heavy atom. The second-order valence-corrected chi connectivity index (χ2v) is 25.9. The molecule has 17 nitrogen and oxygen atoms in total. The van der Waals surface area contributed by atoms with Crippen LogP contribution in [0.3, 0.4) is 0 Å². The number of aliphatic hydroxyl groups excluding tert-OH is 1. The lowest BCUT2D eigenvalue weighted by atomic mass is 9.99. The summed E-state index contributed by atoms with van der Waals surface area (Å²) in [5, 5.41) is 12.0. The van der Waals surface area contributed by atoms with Gasteiger partial charge >= 0.3 is 7.82 Å². The number of aliphatic hydroxyl groups is 1. The normalized spacial score (nSPS) is 14.4. The molecule has 4 aromatic heterocycles. The van der Waals surface area contributed by atoms with Crippen molar-refractivity contribution in [2.24, 2.45) is 0 Å². The van der Waals surface area contributed by atoms with Crippen molar-refractivity contribution >= 4 is 71.4 Å². The topological polar surface area (TPSA) is 238 Å². The summed E-state index contributed by atoms with van der Waals surface area (Å²) in [4.78, 5) is 36.9. The van der Waals surface area contributed by atoms with Crippen molar-refractivity contribution in [2.45, 2.75) is 85.5 Å². The number of pyridine rings is 2. The number of halogens is 4. The molecule has 0 radical (unpaired) electrons. The van der Waals surface area contributed by atoms with Gasteiger partial charge in [-0.3, -0.25) is 14.3 Å². The van der Waals surface area contributed by atoms with Gasteiger partial charge in [0.15, 0.2) is 19.7 Å². The fourth-order valence-corrected chi connectivity index (χ4v) is 13.5. The molecule has 0 bridgehead atoms. The minimum atomic E-state index is -4.68. The average Bonchev–Trinajstić information content (AvgIpc) is 4.51. The highest BCUT2D eigenvalue weighted by atomic mass is 32.2. The van der Waals surface area contributed by atoms with Crippen LogP contribution < -0.4 is 9.47 Å². The van der Waals surface area contributed by atoms with Gasteiger partial charge in [0.2, 0.25) is 0 Å². The van der Waals surface area contributed by atoms with Gasteiger partial charge in [0, 0.05) is 60.1 Å². The third kappa shape index (κ3) is 14.2. The van der Waals surface area contributed by atoms with Gasteiger partial charge in [-0.05, 0) is 146 Å². The molecule has 0 aliphatic heterocycles. The van der Waals surface area contributed by atoms with Gasteiger partial charge in [0.05, 0.1) is 70.8 Å². The number of aryl methyl sites for hydroxylation is 2. The van der Waals surface area contributed by atoms with Crippen molar-refractivity contribution in [3.05, 3.63) is 108 Å². The first kappa shape index (κ1) is 58.6. The van der Waals surface area contributed by atoms with E-state index in [1.807, 2.05) is 56.3 Å². The Hall–Kier alpha value is -6.01. The van der Waals surface area contributed by atoms with Gasteiger partial charge in [-0.15, -0.1) is 0 Å². The molecule has 0 spiro atoms. The molecule has 428 valence electrons. The van der Waals surface area contributed by atoms with E-state index in [1.54, 1.807) is 54.9 Å². The zero-order chi connectivity index (χ0) is 56.9. The molecule has 2 saturated carbocycles. The number of ether oxygens (including phenoxy) is 2. The maximum atomic E-state index is 13.0. The first-order chi connectivity index (χ1) is 38.2. The lowest BCUT2D eigenvalue weighted by Gasteiger charge is -2.22. The number of sulfone groups is 2. The highest BCUT2D eigenvalue weighted by Crippen LogP contribution is 2.43. The number of benzene rings is 4. The summed E-state index contributed by atoms with van der Waals surface area (Å²) in [6.07, 6.45) is 2.08. The number of nitrogens with zero attached hydrogens (tertiary/aromatic N) is 4. The summed E-state index contributed by atoms with van der Waals surface area (Å²) < 4.78 is 131. The third-order valence-electron chi connectivity index (χ3n) is 13.9. The quantitative estimate of drug-likeness (QED) is 0.0193. The molecular formula is C56H63F4N6O11PS2. The number of alkyl halides is 4. The molecule has 10 rings (SSSR count). The summed E-state index contributed by atoms with van der Waals surface area (Å²) in [5.74, 6) is 1.13. The number of phosphoric acid groups is 1. The summed E-state index contributed by atoms with van der Waals surface area (Å²) >= 11 is 0. The molecule has 4 heterocycles. The van der Waals surface area contributed by atoms with Crippen LogP contribution in [0.15, 0.2) is 107 Å². The summed E-state index contributed by atoms with van der Waals surface area (Å²) in [5.41, 5.74) is 7.91. The van der Waals surface area contributed by atoms with Gasteiger partial charge < -0.3 is 34.3 Å². The average molecular weight is 1170 g/mol. The molecule has 80 heavy (non-hydrogen) atoms. The molecule has 2 fully saturated rings. The predicted octanol–water partition coefficient (Wildman–Crippen LogP) is 10.0. The number of hydrogen-bond donors (Lipinski definition) is 5. The maximum Gasteiger partial charge on any atom is 0.469 e. The van der Waals surface area contributed by atoms with Crippen molar-refractivity contribution in [2.75, 3.05) is 65.7 Å². The zero-order valence-electron chi connectivity index (χ0n) is 44.0. The second-order valence-electron chi connectivity index (χ2n) is 20.2. The molecule has 2 aliphatic rings. The second kappa shape index (κ2) is 25.0. The maximum absolute atomic E-state index is 13.0. The molecule has 0 atom stereocenters. The number of aromatic amines is 2. The minimum absolute atomic E-state index is 0.0725. The number of rotatable bonds is 26. The van der Waals surface area contributed by atoms with E-state index >= 15 is 0 Å². The first-order valence-electron chi connectivity index (χ1n) is 26.3. The molecule has 0 unspecified atom stereocenters. The Morgan fingerprint density at radius 2 is 1.06 bits per heavy atom. The third-order valence-corrected chi connectivity index (χ3v) is 18.9. The monoisotopic (exact) mass is 1170 g/mol. The Bertz CT molecular complexity index is 3780. The lowest BCUT2D eigenvalue weighted by Crippen LogP contribution is -2.33. The molecule has 4 aromatic carbocycles. The molecular weight excluding hydrogens is 1100 g/mol. The lowest BCUT2D eigenvalue weighted by molar-refractivity contribution is 0.0738. The summed E-state index contributed by atoms with van der Waals surface area (Å²) in [6.45, 7) is 3.56. The number of H-pyrrole nitrogens is 2. The molecule has 8 aromatic rings. The van der Waals surface area contributed by atoms with E-state index in [9.17, 15) is 39.0 Å². The largest absolute Gasteiger partial charge is 0.491 e. The van der Waals surface area contributed by atoms with E-state index in [1.165, 1.54) is 9.80 Å². The van der Waals surface area contributed by atoms with Crippen LogP contribution in [-0.2, 0) is 28.8 Å². The number of nitrogens with one attached hydrogen (secondary N) is 2. The van der Waals surface area contributed by atoms with Crippen LogP contribution >= 0.6 is 7.82 Å². The Balaban J connectivity index is 0.000000195. The van der Waals surface area contributed by atoms with Crippen LogP contribution in [0.5, 0.6) is 11.5 Å². The van der Waals surface area contributed by atoms with Crippen molar-refractivity contribution in [3.8, 4) is 33.8 Å². The highest BCUT2D eigenvalue weighted by Gasteiger charge is 2.38. The van der Waals surface area contributed by atoms with Crippen molar-refractivity contribution in [3.63, 3.8) is 0 Å². The first-order valence-corrected chi connectivity index (χ1v) is 30.9. The molecule has 0 saturated heterocycles. The predicted molar refractivity (Wildman–Crippen MR) is 298 cm³/mol. The van der Waals surface area contributed by atoms with E-state index < -0.39 is 46.9 Å². The number of hydrogen-bond acceptors (Lipinski definition) is 13. The van der Waals surface area contributed by atoms with Crippen LogP contribution in [0, 0.1) is 13.8 Å². The van der Waals surface area contributed by atoms with E-state index in [0.29, 0.717) is 89.8 Å². The molecule has 2 aliphatic carbocycles. The van der Waals surface area contributed by atoms with E-state index in [2.05, 4.69) is 24.5 Å². The Kier molecular flexibility index (Phi) is 18.3. The SMILES string of the molecule is Cc1cnc2[nH]c3c(OCCCN(CCO)CC(F)F)ccc(-c4cccc(S(=O)(=O)C5CC5)c4)c3c2c1.Cc1cnc2[nH]c3c(OCCCN(CCOP(=O)(O)O)CC(F)F)ccc(-c4cccc(S(=O)(=O)C5CC5)c4)c3c2c1. The van der Waals surface area contributed by atoms with Gasteiger partial charge in [0.25, 0.3) is 12.9 Å². The van der Waals surface area contributed by atoms with Crippen molar-refractivity contribution < 1.29 is 67.9 Å². The summed E-state index contributed by atoms with van der Waals surface area (Å²) in [6, 6.07) is 25.5. The van der Waals surface area contributed by atoms with E-state index in [0.717, 1.165) is 60.4 Å². The number of aromatic nitrogens is 4. The van der Waals surface area contributed by atoms with Crippen molar-refractivity contribution in [1.82, 2.24) is 29.7 Å². The van der Waals surface area contributed by atoms with Crippen LogP contribution in [0.4, 0.5) is 17.6 Å². The summed E-state index contributed by atoms with van der Waals surface area (Å²) in [7, 11) is -11.4. The zero-order valence-corrected chi connectivity index (χ0v) is 46.6. The van der Waals surface area contributed by atoms with Crippen LogP contribution in [0.25, 0.3) is 66.1 Å². The highest BCUT2D eigenvalue weighted by molar-refractivity contribution is 7.92. The fourth-order valence-electron chi connectivity index (χ4n) is 9.82. The van der Waals surface area contributed by atoms with Gasteiger partial charge in [-0.1, -0.05) is 24.3 Å². The molecule has 5 N–H and O–H groups in total. The smallest absolute Gasteiger partial charge is 0.469 e. The standard InChI is InChI=1S/C28H32F2N3O7PS.C28H31F2N3O4S/c1-18-14-23-26-22(19-4-2-5-21(15-19)42(37,38)20-6-7-20)8-9-24(27(26)32-28(23)31-16-18)39-12-3-10-33(17-25(29)30)11-13-40-41(34,35)36;1-18-14-23-26-22(19-4-2-5-21(15-19)38(35,36)20-6-7-20)8-9-24(27(26)32-28(23)31-16-18)37-13-3-10-33(11-12-34)17-25(29)30/h2,4-5,8-9,14-16,20,25H,3,6-7,10-13,17H2,1H3,(H,31,32)(H2,34,35,36);2,4-5,8-9,14-16,20,25,34H,3,6-7,10-13,17H2,1H3,(H,31,32). The minimum Gasteiger partial charge on any atom is -0.491 e. The fraction of sp³-hybridized carbons (Fsp3) is 0.393. The van der Waals surface area contributed by atoms with Crippen LogP contribution in [-0.4, -0.2) is 151 Å². The van der Waals surface area contributed by atoms with Gasteiger partial charge in [-0.2, -0.15) is 0 Å². The number of phosphoric ester groups is 1. The van der Waals surface area contributed by atoms with E-state index in [-0.39, 0.29) is 56.5 Å². The van der Waals surface area contributed by atoms with Gasteiger partial charge in [-0.25, -0.2) is 48.9 Å². The molecule has 0 amide bonds. The van der Waals surface area contributed by atoms with Crippen molar-refractivity contribution in [1.29, 1.82) is 0 Å². The van der Waals surface area contributed by atoms with Crippen LogP contribution in [0.1, 0.15) is 49.7 Å². The molecule has 24 heteroatoms. The Morgan fingerprint density at radius 1 is 0.625 bits per heavy atom. The van der Waals surface area contributed by atoms with Gasteiger partial charge in [0.1, 0.15) is 22.8 Å². The number of fused-ring (bicyclic) bond motifs is 6. The van der Waals surface area contributed by atoms with Crippen LogP contribution in [0.2, 0.25) is 0 Å². The van der Waals surface area contributed by atoms with E-state index in [4.69, 9.17) is 24.4 Å². The Labute approximate surface area is 460 Å².